The van der Waals surface area contributed by atoms with Gasteiger partial charge in [-0.15, -0.1) is 0 Å². The van der Waals surface area contributed by atoms with Crippen LogP contribution in [0.15, 0.2) is 12.2 Å². The summed E-state index contributed by atoms with van der Waals surface area (Å²) in [6, 6.07) is 0. The lowest BCUT2D eigenvalue weighted by atomic mass is 9.84. The van der Waals surface area contributed by atoms with Gasteiger partial charge in [-0.05, 0) is 12.8 Å². The summed E-state index contributed by atoms with van der Waals surface area (Å²) in [7, 11) is 0. The van der Waals surface area contributed by atoms with Gasteiger partial charge in [-0.1, -0.05) is 12.2 Å². The first kappa shape index (κ1) is 8.77. The molecule has 1 aliphatic rings. The Kier molecular flexibility index (Phi) is 2.47. The Hall–Kier alpha value is -1.32. The Morgan fingerprint density at radius 1 is 1.25 bits per heavy atom. The Morgan fingerprint density at radius 3 is 2.33 bits per heavy atom. The minimum atomic E-state index is -1.06. The highest BCUT2D eigenvalue weighted by Crippen LogP contribution is 2.24. The Labute approximate surface area is 69.5 Å². The number of hydrogen-bond donors (Lipinski definition) is 2. The SMILES string of the molecule is O=C(O)[C@H]1C=CCC[C@@H]1C(=O)O. The average Bonchev–Trinajstić information content (AvgIpc) is 2.04. The molecule has 0 fully saturated rings. The molecule has 2 atom stereocenters. The molecule has 0 aromatic rings. The summed E-state index contributed by atoms with van der Waals surface area (Å²) in [5.41, 5.74) is 0. The van der Waals surface area contributed by atoms with Crippen molar-refractivity contribution in [2.45, 2.75) is 12.8 Å². The molecule has 0 amide bonds. The molecule has 0 saturated carbocycles. The van der Waals surface area contributed by atoms with E-state index < -0.39 is 23.8 Å². The molecule has 0 radical (unpaired) electrons. The maximum Gasteiger partial charge on any atom is 0.311 e. The first-order chi connectivity index (χ1) is 5.63. The van der Waals surface area contributed by atoms with Crippen LogP contribution < -0.4 is 0 Å². The van der Waals surface area contributed by atoms with Gasteiger partial charge in [0.05, 0.1) is 11.8 Å². The maximum atomic E-state index is 10.6. The van der Waals surface area contributed by atoms with Crippen LogP contribution >= 0.6 is 0 Å². The van der Waals surface area contributed by atoms with Gasteiger partial charge in [-0.3, -0.25) is 9.59 Å². The average molecular weight is 170 g/mol. The van der Waals surface area contributed by atoms with E-state index in [1.165, 1.54) is 6.08 Å². The van der Waals surface area contributed by atoms with E-state index >= 15 is 0 Å². The fourth-order valence-electron chi connectivity index (χ4n) is 1.36. The first-order valence-corrected chi connectivity index (χ1v) is 3.75. The van der Waals surface area contributed by atoms with E-state index in [-0.39, 0.29) is 0 Å². The molecular weight excluding hydrogens is 160 g/mol. The lowest BCUT2D eigenvalue weighted by Gasteiger charge is -2.19. The van der Waals surface area contributed by atoms with E-state index in [9.17, 15) is 9.59 Å². The third kappa shape index (κ3) is 1.64. The maximum absolute atomic E-state index is 10.6. The van der Waals surface area contributed by atoms with Crippen LogP contribution in [0.1, 0.15) is 12.8 Å². The molecule has 1 aliphatic carbocycles. The smallest absolute Gasteiger partial charge is 0.311 e. The molecule has 0 bridgehead atoms. The largest absolute Gasteiger partial charge is 0.481 e. The second kappa shape index (κ2) is 3.38. The normalized spacial score (nSPS) is 28.3. The van der Waals surface area contributed by atoms with Crippen LogP contribution in [0.3, 0.4) is 0 Å². The molecule has 4 heteroatoms. The zero-order valence-electron chi connectivity index (χ0n) is 6.43. The van der Waals surface area contributed by atoms with E-state index in [0.29, 0.717) is 12.8 Å². The molecule has 0 saturated heterocycles. The highest BCUT2D eigenvalue weighted by Gasteiger charge is 2.32. The molecule has 4 nitrogen and oxygen atoms in total. The molecule has 0 spiro atoms. The van der Waals surface area contributed by atoms with Crippen molar-refractivity contribution in [3.8, 4) is 0 Å². The number of carboxylic acids is 2. The third-order valence-electron chi connectivity index (χ3n) is 2.02. The predicted molar refractivity (Wildman–Crippen MR) is 40.6 cm³/mol. The minimum Gasteiger partial charge on any atom is -0.481 e. The van der Waals surface area contributed by atoms with Gasteiger partial charge in [-0.2, -0.15) is 0 Å². The fraction of sp³-hybridized carbons (Fsp3) is 0.500. The van der Waals surface area contributed by atoms with Gasteiger partial charge in [0.15, 0.2) is 0 Å². The van der Waals surface area contributed by atoms with E-state index in [1.807, 2.05) is 0 Å². The third-order valence-corrected chi connectivity index (χ3v) is 2.02. The zero-order chi connectivity index (χ0) is 9.14. The van der Waals surface area contributed by atoms with Crippen LogP contribution in [-0.4, -0.2) is 22.2 Å². The summed E-state index contributed by atoms with van der Waals surface area (Å²) >= 11 is 0. The van der Waals surface area contributed by atoms with Gasteiger partial charge in [0.25, 0.3) is 0 Å². The molecule has 2 N–H and O–H groups in total. The van der Waals surface area contributed by atoms with Crippen molar-refractivity contribution in [3.63, 3.8) is 0 Å². The van der Waals surface area contributed by atoms with Gasteiger partial charge in [0, 0.05) is 0 Å². The number of hydrogen-bond acceptors (Lipinski definition) is 2. The van der Waals surface area contributed by atoms with Gasteiger partial charge < -0.3 is 10.2 Å². The van der Waals surface area contributed by atoms with Gasteiger partial charge in [0.2, 0.25) is 0 Å². The highest BCUT2D eigenvalue weighted by atomic mass is 16.4. The number of carboxylic acid groups (broad SMARTS) is 2. The second-order valence-corrected chi connectivity index (χ2v) is 2.81. The van der Waals surface area contributed by atoms with Crippen LogP contribution in [0, 0.1) is 11.8 Å². The van der Waals surface area contributed by atoms with Crippen LogP contribution in [0.25, 0.3) is 0 Å². The van der Waals surface area contributed by atoms with Crippen molar-refractivity contribution >= 4 is 11.9 Å². The monoisotopic (exact) mass is 170 g/mol. The van der Waals surface area contributed by atoms with Gasteiger partial charge in [0.1, 0.15) is 0 Å². The van der Waals surface area contributed by atoms with Gasteiger partial charge in [-0.25, -0.2) is 0 Å². The van der Waals surface area contributed by atoms with Crippen LogP contribution in [0.5, 0.6) is 0 Å². The zero-order valence-corrected chi connectivity index (χ0v) is 6.43. The highest BCUT2D eigenvalue weighted by molar-refractivity contribution is 5.81. The van der Waals surface area contributed by atoms with E-state index in [1.54, 1.807) is 6.08 Å². The fourth-order valence-corrected chi connectivity index (χ4v) is 1.36. The lowest BCUT2D eigenvalue weighted by molar-refractivity contribution is -0.152. The molecule has 1 rings (SSSR count). The molecule has 0 aliphatic heterocycles. The van der Waals surface area contributed by atoms with Crippen LogP contribution in [0.2, 0.25) is 0 Å². The van der Waals surface area contributed by atoms with Crippen molar-refractivity contribution in [1.29, 1.82) is 0 Å². The number of rotatable bonds is 2. The summed E-state index contributed by atoms with van der Waals surface area (Å²) in [6.07, 6.45) is 4.26. The summed E-state index contributed by atoms with van der Waals surface area (Å²) < 4.78 is 0. The number of aliphatic carboxylic acids is 2. The van der Waals surface area contributed by atoms with Crippen molar-refractivity contribution in [2.24, 2.45) is 11.8 Å². The molecule has 12 heavy (non-hydrogen) atoms. The Balaban J connectivity index is 2.79. The van der Waals surface area contributed by atoms with Crippen LogP contribution in [-0.2, 0) is 9.59 Å². The topological polar surface area (TPSA) is 74.6 Å². The Morgan fingerprint density at radius 2 is 1.92 bits per heavy atom. The standard InChI is InChI=1S/C8H10O4/c9-7(10)5-3-1-2-4-6(5)8(11)12/h1,3,5-6H,2,4H2,(H,9,10)(H,11,12)/t5-,6-/m0/s1. The molecule has 0 aromatic heterocycles. The van der Waals surface area contributed by atoms with Crippen molar-refractivity contribution in [2.75, 3.05) is 0 Å². The molecule has 0 heterocycles. The molecule has 0 unspecified atom stereocenters. The van der Waals surface area contributed by atoms with E-state index in [2.05, 4.69) is 0 Å². The summed E-state index contributed by atoms with van der Waals surface area (Å²) in [4.78, 5) is 21.1. The van der Waals surface area contributed by atoms with Crippen molar-refractivity contribution in [1.82, 2.24) is 0 Å². The minimum absolute atomic E-state index is 0.419. The lowest BCUT2D eigenvalue weighted by Crippen LogP contribution is -2.30. The molecule has 0 aromatic carbocycles. The van der Waals surface area contributed by atoms with Crippen molar-refractivity contribution in [3.05, 3.63) is 12.2 Å². The van der Waals surface area contributed by atoms with E-state index in [0.717, 1.165) is 0 Å². The summed E-state index contributed by atoms with van der Waals surface area (Å²) in [5, 5.41) is 17.3. The van der Waals surface area contributed by atoms with E-state index in [4.69, 9.17) is 10.2 Å². The Bertz CT molecular complexity index is 231. The summed E-state index contributed by atoms with van der Waals surface area (Å²) in [5.74, 6) is -3.69. The molecule has 66 valence electrons. The number of carbonyl (C=O) groups is 2. The van der Waals surface area contributed by atoms with Crippen molar-refractivity contribution < 1.29 is 19.8 Å². The van der Waals surface area contributed by atoms with Gasteiger partial charge >= 0.3 is 11.9 Å². The number of allylic oxidation sites excluding steroid dienone is 1. The van der Waals surface area contributed by atoms with Crippen LogP contribution in [0.4, 0.5) is 0 Å². The summed E-state index contributed by atoms with van der Waals surface area (Å²) in [6.45, 7) is 0. The quantitative estimate of drug-likeness (QED) is 0.599. The first-order valence-electron chi connectivity index (χ1n) is 3.75. The second-order valence-electron chi connectivity index (χ2n) is 2.81. The molecular formula is C8H10O4. The predicted octanol–water partition coefficient (Wildman–Crippen LogP) is 0.738.